The van der Waals surface area contributed by atoms with Crippen molar-refractivity contribution in [2.75, 3.05) is 18.5 Å². The zero-order chi connectivity index (χ0) is 13.9. The summed E-state index contributed by atoms with van der Waals surface area (Å²) in [6, 6.07) is 4.06. The van der Waals surface area contributed by atoms with Crippen LogP contribution in [0.1, 0.15) is 17.3 Å². The molecule has 1 rings (SSSR count). The molecule has 0 unspecified atom stereocenters. The van der Waals surface area contributed by atoms with Gasteiger partial charge in [-0.2, -0.15) is 0 Å². The summed E-state index contributed by atoms with van der Waals surface area (Å²) in [5, 5.41) is 2.62. The molecule has 0 saturated carbocycles. The molecule has 0 aliphatic carbocycles. The fourth-order valence-corrected chi connectivity index (χ4v) is 1.99. The van der Waals surface area contributed by atoms with Gasteiger partial charge in [-0.25, -0.2) is 8.42 Å². The summed E-state index contributed by atoms with van der Waals surface area (Å²) in [7, 11) is -3.39. The van der Waals surface area contributed by atoms with Crippen molar-refractivity contribution >= 4 is 21.4 Å². The lowest BCUT2D eigenvalue weighted by molar-refractivity contribution is 0.0957. The van der Waals surface area contributed by atoms with Gasteiger partial charge in [0.2, 0.25) is 0 Å². The molecule has 6 heteroatoms. The van der Waals surface area contributed by atoms with Gasteiger partial charge in [-0.05, 0) is 25.1 Å². The average molecular weight is 268 g/mol. The molecule has 1 aromatic rings. The first-order chi connectivity index (χ1) is 8.20. The second-order valence-electron chi connectivity index (χ2n) is 4.20. The second kappa shape index (κ2) is 5.22. The van der Waals surface area contributed by atoms with E-state index in [1.54, 1.807) is 6.92 Å². The number of nitrogen functional groups attached to an aromatic ring is 1. The molecule has 98 valence electrons. The third-order valence-electron chi connectivity index (χ3n) is 2.17. The molecule has 0 aromatic heterocycles. The SMILES string of the molecule is C=C(C)CNC(=O)c1cc(N)cc(S(C)(=O)=O)c1. The highest BCUT2D eigenvalue weighted by Crippen LogP contribution is 2.16. The van der Waals surface area contributed by atoms with Crippen LogP contribution in [-0.4, -0.2) is 27.1 Å². The minimum absolute atomic E-state index is 0.0305. The number of hydrogen-bond donors (Lipinski definition) is 2. The lowest BCUT2D eigenvalue weighted by atomic mass is 10.2. The van der Waals surface area contributed by atoms with E-state index >= 15 is 0 Å². The Hall–Kier alpha value is -1.82. The summed E-state index contributed by atoms with van der Waals surface area (Å²) in [4.78, 5) is 11.8. The average Bonchev–Trinajstić information content (AvgIpc) is 2.23. The van der Waals surface area contributed by atoms with Crippen molar-refractivity contribution in [2.45, 2.75) is 11.8 Å². The van der Waals surface area contributed by atoms with E-state index in [1.165, 1.54) is 18.2 Å². The molecule has 0 fully saturated rings. The van der Waals surface area contributed by atoms with E-state index in [2.05, 4.69) is 11.9 Å². The van der Waals surface area contributed by atoms with Gasteiger partial charge in [-0.15, -0.1) is 0 Å². The maximum Gasteiger partial charge on any atom is 0.251 e. The molecular weight excluding hydrogens is 252 g/mol. The van der Waals surface area contributed by atoms with Crippen LogP contribution in [0.3, 0.4) is 0 Å². The van der Waals surface area contributed by atoms with Crippen LogP contribution in [0, 0.1) is 0 Å². The predicted molar refractivity (Wildman–Crippen MR) is 71.1 cm³/mol. The van der Waals surface area contributed by atoms with Crippen LogP contribution in [0.15, 0.2) is 35.2 Å². The van der Waals surface area contributed by atoms with Crippen molar-refractivity contribution in [3.63, 3.8) is 0 Å². The fraction of sp³-hybridized carbons (Fsp3) is 0.250. The Kier molecular flexibility index (Phi) is 4.13. The Labute approximate surface area is 107 Å². The Morgan fingerprint density at radius 2 is 2.00 bits per heavy atom. The second-order valence-corrected chi connectivity index (χ2v) is 6.22. The van der Waals surface area contributed by atoms with Crippen LogP contribution in [0.4, 0.5) is 5.69 Å². The van der Waals surface area contributed by atoms with E-state index in [-0.39, 0.29) is 22.1 Å². The number of carbonyl (C=O) groups excluding carboxylic acids is 1. The Bertz CT molecular complexity index is 591. The zero-order valence-corrected chi connectivity index (χ0v) is 11.2. The van der Waals surface area contributed by atoms with Crippen LogP contribution in [-0.2, 0) is 9.84 Å². The number of amides is 1. The van der Waals surface area contributed by atoms with Crippen molar-refractivity contribution in [1.82, 2.24) is 5.32 Å². The summed E-state index contributed by atoms with van der Waals surface area (Å²) in [6.45, 7) is 5.77. The van der Waals surface area contributed by atoms with Gasteiger partial charge in [0.05, 0.1) is 4.90 Å². The van der Waals surface area contributed by atoms with Gasteiger partial charge in [0.15, 0.2) is 9.84 Å². The summed E-state index contributed by atoms with van der Waals surface area (Å²) in [6.07, 6.45) is 1.07. The molecule has 3 N–H and O–H groups in total. The van der Waals surface area contributed by atoms with E-state index in [4.69, 9.17) is 5.73 Å². The normalized spacial score (nSPS) is 11.0. The van der Waals surface area contributed by atoms with Gasteiger partial charge in [0.1, 0.15) is 0 Å². The van der Waals surface area contributed by atoms with Crippen LogP contribution in [0.25, 0.3) is 0 Å². The Balaban J connectivity index is 3.07. The minimum atomic E-state index is -3.39. The Morgan fingerprint density at radius 1 is 1.39 bits per heavy atom. The molecular formula is C12H16N2O3S. The first-order valence-electron chi connectivity index (χ1n) is 5.23. The summed E-state index contributed by atoms with van der Waals surface area (Å²) < 4.78 is 22.8. The molecule has 1 aromatic carbocycles. The maximum atomic E-state index is 11.8. The minimum Gasteiger partial charge on any atom is -0.399 e. The van der Waals surface area contributed by atoms with Gasteiger partial charge in [0, 0.05) is 24.1 Å². The highest BCUT2D eigenvalue weighted by Gasteiger charge is 2.13. The number of rotatable bonds is 4. The molecule has 0 heterocycles. The van der Waals surface area contributed by atoms with E-state index in [9.17, 15) is 13.2 Å². The smallest absolute Gasteiger partial charge is 0.251 e. The highest BCUT2D eigenvalue weighted by molar-refractivity contribution is 7.90. The van der Waals surface area contributed by atoms with Gasteiger partial charge < -0.3 is 11.1 Å². The highest BCUT2D eigenvalue weighted by atomic mass is 32.2. The monoisotopic (exact) mass is 268 g/mol. The Morgan fingerprint density at radius 3 is 2.50 bits per heavy atom. The molecule has 18 heavy (non-hydrogen) atoms. The van der Waals surface area contributed by atoms with Crippen LogP contribution in [0.2, 0.25) is 0 Å². The third-order valence-corrected chi connectivity index (χ3v) is 3.26. The van der Waals surface area contributed by atoms with Crippen LogP contribution in [0.5, 0.6) is 0 Å². The van der Waals surface area contributed by atoms with Crippen LogP contribution >= 0.6 is 0 Å². The lowest BCUT2D eigenvalue weighted by Crippen LogP contribution is -2.25. The third kappa shape index (κ3) is 3.89. The van der Waals surface area contributed by atoms with E-state index < -0.39 is 9.84 Å². The number of benzene rings is 1. The quantitative estimate of drug-likeness (QED) is 0.629. The van der Waals surface area contributed by atoms with Gasteiger partial charge in [-0.3, -0.25) is 4.79 Å². The molecule has 0 saturated heterocycles. The van der Waals surface area contributed by atoms with E-state index in [0.29, 0.717) is 6.54 Å². The van der Waals surface area contributed by atoms with Crippen molar-refractivity contribution in [3.8, 4) is 0 Å². The standard InChI is InChI=1S/C12H16N2O3S/c1-8(2)7-14-12(15)9-4-10(13)6-11(5-9)18(3,16)17/h4-6H,1,7,13H2,2-3H3,(H,14,15). The molecule has 0 bridgehead atoms. The summed E-state index contributed by atoms with van der Waals surface area (Å²) in [5.74, 6) is -0.379. The molecule has 0 spiro atoms. The largest absolute Gasteiger partial charge is 0.399 e. The first kappa shape index (κ1) is 14.2. The number of carbonyl (C=O) groups is 1. The topological polar surface area (TPSA) is 89.3 Å². The van der Waals surface area contributed by atoms with Gasteiger partial charge >= 0.3 is 0 Å². The van der Waals surface area contributed by atoms with Crippen molar-refractivity contribution in [3.05, 3.63) is 35.9 Å². The molecule has 0 aliphatic rings. The number of hydrogen-bond acceptors (Lipinski definition) is 4. The van der Waals surface area contributed by atoms with Crippen molar-refractivity contribution in [1.29, 1.82) is 0 Å². The fourth-order valence-electron chi connectivity index (χ4n) is 1.30. The molecule has 0 radical (unpaired) electrons. The van der Waals surface area contributed by atoms with Gasteiger partial charge in [-0.1, -0.05) is 12.2 Å². The maximum absolute atomic E-state index is 11.8. The first-order valence-corrected chi connectivity index (χ1v) is 7.12. The van der Waals surface area contributed by atoms with Crippen molar-refractivity contribution < 1.29 is 13.2 Å². The molecule has 5 nitrogen and oxygen atoms in total. The molecule has 1 amide bonds. The number of anilines is 1. The zero-order valence-electron chi connectivity index (χ0n) is 10.4. The predicted octanol–water partition coefficient (Wildman–Crippen LogP) is 0.978. The van der Waals surface area contributed by atoms with Gasteiger partial charge in [0.25, 0.3) is 5.91 Å². The number of nitrogens with two attached hydrogens (primary N) is 1. The van der Waals surface area contributed by atoms with E-state index in [1.807, 2.05) is 0 Å². The summed E-state index contributed by atoms with van der Waals surface area (Å²) >= 11 is 0. The molecule has 0 atom stereocenters. The number of sulfone groups is 1. The number of nitrogens with one attached hydrogen (secondary N) is 1. The lowest BCUT2D eigenvalue weighted by Gasteiger charge is -2.07. The van der Waals surface area contributed by atoms with E-state index in [0.717, 1.165) is 11.8 Å². The van der Waals surface area contributed by atoms with Crippen molar-refractivity contribution in [2.24, 2.45) is 0 Å². The summed E-state index contributed by atoms with van der Waals surface area (Å²) in [5.41, 5.74) is 6.84. The van der Waals surface area contributed by atoms with Crippen LogP contribution < -0.4 is 11.1 Å². The molecule has 0 aliphatic heterocycles.